The maximum absolute atomic E-state index is 13.2. The van der Waals surface area contributed by atoms with Crippen molar-refractivity contribution in [2.24, 2.45) is 0 Å². The molecule has 0 spiro atoms. The maximum Gasteiger partial charge on any atom is 0.220 e. The highest BCUT2D eigenvalue weighted by molar-refractivity contribution is 5.76. The van der Waals surface area contributed by atoms with Gasteiger partial charge in [0.25, 0.3) is 0 Å². The molecule has 3 aliphatic rings. The molecule has 506 valence electrons. The summed E-state index contributed by atoms with van der Waals surface area (Å²) >= 11 is 0. The van der Waals surface area contributed by atoms with Crippen LogP contribution >= 0.6 is 0 Å². The average Bonchev–Trinajstić information content (AvgIpc) is 1.13. The Balaban J connectivity index is 1.24. The number of carbonyl (C=O) groups excluding carboxylic acids is 1. The Morgan fingerprint density at radius 1 is 0.420 bits per heavy atom. The van der Waals surface area contributed by atoms with Crippen molar-refractivity contribution in [3.8, 4) is 0 Å². The second-order valence-corrected chi connectivity index (χ2v) is 23.6. The Labute approximate surface area is 526 Å². The highest BCUT2D eigenvalue weighted by Crippen LogP contribution is 2.33. The van der Waals surface area contributed by atoms with Crippen molar-refractivity contribution < 1.29 is 89.4 Å². The summed E-state index contributed by atoms with van der Waals surface area (Å²) in [7, 11) is 0. The Kier molecular flexibility index (Phi) is 45.1. The SMILES string of the molecule is CC/C=C\C/C=C\C/C=C\C/C=C\C/C=C\C/C=C\C/C=C\C/C=C\CCCCCCCCCCCCCCCCC(=O)NC(COC1OC(CO)C(OC2OC(CO)C(OC3OC(CO)C(O)C(O)C3O)C(O)C2O)C(O)C1O)C(O)CCCCCC. The zero-order valence-electron chi connectivity index (χ0n) is 53.2. The molecule has 0 bridgehead atoms. The molecule has 0 aromatic rings. The minimum atomic E-state index is -1.97. The van der Waals surface area contributed by atoms with Crippen LogP contribution in [0.4, 0.5) is 0 Å². The Hall–Kier alpha value is -3.29. The highest BCUT2D eigenvalue weighted by atomic mass is 16.8. The predicted molar refractivity (Wildman–Crippen MR) is 341 cm³/mol. The van der Waals surface area contributed by atoms with Crippen LogP contribution in [0.25, 0.3) is 0 Å². The smallest absolute Gasteiger partial charge is 0.220 e. The van der Waals surface area contributed by atoms with Crippen molar-refractivity contribution in [1.82, 2.24) is 5.32 Å². The summed E-state index contributed by atoms with van der Waals surface area (Å²) in [4.78, 5) is 13.2. The van der Waals surface area contributed by atoms with Crippen LogP contribution in [0, 0.1) is 0 Å². The van der Waals surface area contributed by atoms with E-state index in [4.69, 9.17) is 28.4 Å². The van der Waals surface area contributed by atoms with Crippen molar-refractivity contribution in [1.29, 1.82) is 0 Å². The van der Waals surface area contributed by atoms with Crippen molar-refractivity contribution >= 4 is 5.91 Å². The molecule has 17 atom stereocenters. The first-order chi connectivity index (χ1) is 42.8. The zero-order valence-corrected chi connectivity index (χ0v) is 53.2. The molecule has 17 unspecified atom stereocenters. The molecule has 3 rings (SSSR count). The molecule has 3 aliphatic heterocycles. The van der Waals surface area contributed by atoms with Crippen LogP contribution < -0.4 is 5.32 Å². The average molecular weight is 1250 g/mol. The number of ether oxygens (including phenoxy) is 6. The summed E-state index contributed by atoms with van der Waals surface area (Å²) in [5.74, 6) is -0.257. The predicted octanol–water partition coefficient (Wildman–Crippen LogP) is 8.10. The highest BCUT2D eigenvalue weighted by Gasteiger charge is 2.53. The lowest BCUT2D eigenvalue weighted by Gasteiger charge is -2.48. The molecular formula is C69H117NO18. The molecule has 19 nitrogen and oxygen atoms in total. The fraction of sp³-hybridized carbons (Fsp3) is 0.754. The molecule has 88 heavy (non-hydrogen) atoms. The van der Waals surface area contributed by atoms with Gasteiger partial charge in [-0.25, -0.2) is 0 Å². The van der Waals surface area contributed by atoms with Crippen LogP contribution in [0.15, 0.2) is 97.2 Å². The van der Waals surface area contributed by atoms with E-state index in [1.165, 1.54) is 64.2 Å². The van der Waals surface area contributed by atoms with Gasteiger partial charge in [0.1, 0.15) is 73.2 Å². The Morgan fingerprint density at radius 3 is 1.22 bits per heavy atom. The van der Waals surface area contributed by atoms with Gasteiger partial charge in [-0.15, -0.1) is 0 Å². The topological polar surface area (TPSA) is 307 Å². The van der Waals surface area contributed by atoms with Gasteiger partial charge in [0.2, 0.25) is 5.91 Å². The molecule has 0 aliphatic carbocycles. The van der Waals surface area contributed by atoms with Crippen LogP contribution in [0.5, 0.6) is 0 Å². The summed E-state index contributed by atoms with van der Waals surface area (Å²) in [6.45, 7) is 1.51. The first-order valence-corrected chi connectivity index (χ1v) is 33.5. The van der Waals surface area contributed by atoms with E-state index in [1.54, 1.807) is 0 Å². The normalized spacial score (nSPS) is 29.0. The third-order valence-corrected chi connectivity index (χ3v) is 16.2. The van der Waals surface area contributed by atoms with Crippen LogP contribution in [0.3, 0.4) is 0 Å². The van der Waals surface area contributed by atoms with Gasteiger partial charge in [-0.05, 0) is 77.0 Å². The van der Waals surface area contributed by atoms with Crippen LogP contribution in [-0.4, -0.2) is 193 Å². The molecule has 3 saturated heterocycles. The van der Waals surface area contributed by atoms with E-state index in [0.29, 0.717) is 19.3 Å². The molecule has 1 amide bonds. The first kappa shape index (κ1) is 78.9. The summed E-state index contributed by atoms with van der Waals surface area (Å²) in [5, 5.41) is 120. The van der Waals surface area contributed by atoms with Gasteiger partial charge in [0.05, 0.1) is 38.6 Å². The molecule has 0 aromatic heterocycles. The zero-order chi connectivity index (χ0) is 64.0. The van der Waals surface area contributed by atoms with E-state index in [9.17, 15) is 61.0 Å². The summed E-state index contributed by atoms with van der Waals surface area (Å²) in [6, 6.07) is -0.887. The number of rotatable bonds is 49. The van der Waals surface area contributed by atoms with E-state index in [-0.39, 0.29) is 18.9 Å². The minimum absolute atomic E-state index is 0.257. The maximum atomic E-state index is 13.2. The number of aliphatic hydroxyl groups excluding tert-OH is 11. The largest absolute Gasteiger partial charge is 0.394 e. The summed E-state index contributed by atoms with van der Waals surface area (Å²) in [5.41, 5.74) is 0. The summed E-state index contributed by atoms with van der Waals surface area (Å²) in [6.07, 6.45) is 39.0. The van der Waals surface area contributed by atoms with Gasteiger partial charge in [0, 0.05) is 6.42 Å². The minimum Gasteiger partial charge on any atom is -0.394 e. The third kappa shape index (κ3) is 32.3. The summed E-state index contributed by atoms with van der Waals surface area (Å²) < 4.78 is 34.1. The fourth-order valence-corrected chi connectivity index (χ4v) is 10.7. The number of allylic oxidation sites excluding steroid dienone is 16. The molecule has 3 heterocycles. The van der Waals surface area contributed by atoms with Gasteiger partial charge < -0.3 is 89.9 Å². The van der Waals surface area contributed by atoms with Crippen LogP contribution in [-0.2, 0) is 33.2 Å². The second-order valence-electron chi connectivity index (χ2n) is 23.6. The molecule has 0 aromatic carbocycles. The van der Waals surface area contributed by atoms with Gasteiger partial charge in [-0.3, -0.25) is 4.79 Å². The lowest BCUT2D eigenvalue weighted by Crippen LogP contribution is -2.66. The van der Waals surface area contributed by atoms with E-state index in [0.717, 1.165) is 96.3 Å². The van der Waals surface area contributed by atoms with E-state index >= 15 is 0 Å². The standard InChI is InChI=1S/C69H117NO18/c1-3-5-7-9-10-11-12-13-14-15-16-17-18-19-20-21-22-23-24-25-26-27-28-29-30-31-32-33-34-35-36-37-38-39-40-41-42-43-45-47-57(75)70-52(53(74)46-44-8-6-4-2)51-83-67-63(81)60(78)65(55(49-72)85-67)88-69-64(82)61(79)66(56(50-73)86-69)87-68-62(80)59(77)58(76)54(48-71)84-68/h5,7,10-11,13-14,16-17,19-20,22-23,25-26,28-29,52-56,58-69,71-74,76-82H,3-4,6,8-9,12,15,18,21,24,27,30-51H2,1-2H3,(H,70,75)/b7-5-,11-10-,14-13-,17-16-,20-19-,23-22-,26-25-,29-28-. The van der Waals surface area contributed by atoms with Gasteiger partial charge in [-0.2, -0.15) is 0 Å². The number of carbonyl (C=O) groups is 1. The second kappa shape index (κ2) is 50.3. The lowest BCUT2D eigenvalue weighted by atomic mass is 9.96. The van der Waals surface area contributed by atoms with E-state index in [2.05, 4.69) is 116 Å². The van der Waals surface area contributed by atoms with E-state index in [1.807, 2.05) is 0 Å². The van der Waals surface area contributed by atoms with Crippen LogP contribution in [0.2, 0.25) is 0 Å². The molecular weight excluding hydrogens is 1130 g/mol. The van der Waals surface area contributed by atoms with Crippen molar-refractivity contribution in [3.05, 3.63) is 97.2 Å². The number of aliphatic hydroxyl groups is 11. The third-order valence-electron chi connectivity index (χ3n) is 16.2. The van der Waals surface area contributed by atoms with Crippen molar-refractivity contribution in [3.63, 3.8) is 0 Å². The number of amides is 1. The van der Waals surface area contributed by atoms with E-state index < -0.39 is 124 Å². The quantitative estimate of drug-likeness (QED) is 0.0202. The number of hydrogen-bond acceptors (Lipinski definition) is 18. The van der Waals surface area contributed by atoms with Gasteiger partial charge in [-0.1, -0.05) is 214 Å². The monoisotopic (exact) mass is 1250 g/mol. The molecule has 19 heteroatoms. The van der Waals surface area contributed by atoms with Gasteiger partial charge in [0.15, 0.2) is 18.9 Å². The molecule has 0 saturated carbocycles. The van der Waals surface area contributed by atoms with Crippen molar-refractivity contribution in [2.75, 3.05) is 26.4 Å². The fourth-order valence-electron chi connectivity index (χ4n) is 10.7. The number of nitrogens with one attached hydrogen (secondary N) is 1. The molecule has 3 fully saturated rings. The Morgan fingerprint density at radius 2 is 0.784 bits per heavy atom. The van der Waals surface area contributed by atoms with Crippen molar-refractivity contribution in [2.45, 2.75) is 304 Å². The Bertz CT molecular complexity index is 1970. The molecule has 0 radical (unpaired) electrons. The number of hydrogen-bond donors (Lipinski definition) is 12. The van der Waals surface area contributed by atoms with Gasteiger partial charge >= 0.3 is 0 Å². The lowest BCUT2D eigenvalue weighted by molar-refractivity contribution is -0.379. The first-order valence-electron chi connectivity index (χ1n) is 33.5. The number of unbranched alkanes of at least 4 members (excludes halogenated alkanes) is 17. The molecule has 12 N–H and O–H groups in total. The van der Waals surface area contributed by atoms with Crippen LogP contribution in [0.1, 0.15) is 200 Å².